The molecule has 1 aromatic heterocycles. The highest BCUT2D eigenvalue weighted by Crippen LogP contribution is 2.34. The second kappa shape index (κ2) is 9.07. The third-order valence-electron chi connectivity index (χ3n) is 5.88. The van der Waals surface area contributed by atoms with Crippen molar-refractivity contribution >= 4 is 41.8 Å². The number of aromatic amines is 1. The number of nitrogens with two attached hydrogens (primary N) is 1. The van der Waals surface area contributed by atoms with Gasteiger partial charge in [0.15, 0.2) is 0 Å². The highest BCUT2D eigenvalue weighted by molar-refractivity contribution is 5.85. The van der Waals surface area contributed by atoms with Gasteiger partial charge in [0.25, 0.3) is 0 Å². The third kappa shape index (κ3) is 4.00. The lowest BCUT2D eigenvalue weighted by atomic mass is 9.91. The number of piperidine rings is 1. The van der Waals surface area contributed by atoms with Crippen molar-refractivity contribution in [2.24, 2.45) is 17.6 Å². The van der Waals surface area contributed by atoms with Crippen LogP contribution in [0.15, 0.2) is 24.3 Å². The first kappa shape index (κ1) is 21.0. The van der Waals surface area contributed by atoms with Gasteiger partial charge in [0.2, 0.25) is 5.91 Å². The van der Waals surface area contributed by atoms with Crippen molar-refractivity contribution in [3.05, 3.63) is 30.1 Å². The topological polar surface area (TPSA) is 75.0 Å². The normalized spacial score (nSPS) is 23.5. The predicted octanol–water partition coefficient (Wildman–Crippen LogP) is 3.49. The average Bonchev–Trinajstić information content (AvgIpc) is 3.27. The number of nitrogens with zero attached hydrogens (tertiary/aromatic N) is 2. The smallest absolute Gasteiger partial charge is 0.226 e. The van der Waals surface area contributed by atoms with E-state index in [4.69, 9.17) is 10.7 Å². The summed E-state index contributed by atoms with van der Waals surface area (Å²) in [6.07, 6.45) is 5.26. The van der Waals surface area contributed by atoms with E-state index in [0.29, 0.717) is 24.3 Å². The minimum Gasteiger partial charge on any atom is -0.342 e. The molecule has 144 valence electrons. The number of halogens is 2. The van der Waals surface area contributed by atoms with Gasteiger partial charge in [0, 0.05) is 24.9 Å². The Morgan fingerprint density at radius 2 is 1.88 bits per heavy atom. The van der Waals surface area contributed by atoms with Gasteiger partial charge in [0.05, 0.1) is 11.0 Å². The van der Waals surface area contributed by atoms with Gasteiger partial charge in [-0.15, -0.1) is 24.8 Å². The zero-order valence-electron chi connectivity index (χ0n) is 14.9. The number of hydrogen-bond acceptors (Lipinski definition) is 3. The van der Waals surface area contributed by atoms with Gasteiger partial charge in [0.1, 0.15) is 5.82 Å². The molecule has 1 aromatic carbocycles. The van der Waals surface area contributed by atoms with E-state index in [9.17, 15) is 4.79 Å². The molecule has 2 fully saturated rings. The monoisotopic (exact) mass is 398 g/mol. The minimum absolute atomic E-state index is 0. The number of para-hydroxylation sites is 2. The Bertz CT molecular complexity index is 694. The molecule has 5 nitrogen and oxygen atoms in total. The van der Waals surface area contributed by atoms with Crippen LogP contribution in [0.3, 0.4) is 0 Å². The second-order valence-corrected chi connectivity index (χ2v) is 7.27. The Kier molecular flexibility index (Phi) is 7.33. The van der Waals surface area contributed by atoms with Gasteiger partial charge >= 0.3 is 0 Å². The second-order valence-electron chi connectivity index (χ2n) is 7.27. The quantitative estimate of drug-likeness (QED) is 0.830. The van der Waals surface area contributed by atoms with Gasteiger partial charge in [-0.3, -0.25) is 4.79 Å². The van der Waals surface area contributed by atoms with E-state index in [2.05, 4.69) is 16.0 Å². The minimum atomic E-state index is 0. The number of carbonyl (C=O) groups is 1. The van der Waals surface area contributed by atoms with E-state index >= 15 is 0 Å². The van der Waals surface area contributed by atoms with E-state index < -0.39 is 0 Å². The molecule has 1 saturated carbocycles. The Balaban J connectivity index is 0.00000121. The summed E-state index contributed by atoms with van der Waals surface area (Å²) in [7, 11) is 0. The number of H-pyrrole nitrogens is 1. The van der Waals surface area contributed by atoms with E-state index in [1.165, 1.54) is 0 Å². The molecule has 2 heterocycles. The number of fused-ring (bicyclic) bond motifs is 1. The molecule has 1 saturated heterocycles. The predicted molar refractivity (Wildman–Crippen MR) is 109 cm³/mol. The molecular formula is C19H28Cl2N4O. The summed E-state index contributed by atoms with van der Waals surface area (Å²) in [6.45, 7) is 2.33. The molecule has 3 N–H and O–H groups in total. The molecular weight excluding hydrogens is 371 g/mol. The van der Waals surface area contributed by atoms with Crippen LogP contribution in [-0.4, -0.2) is 40.4 Å². The third-order valence-corrected chi connectivity index (χ3v) is 5.88. The fourth-order valence-corrected chi connectivity index (χ4v) is 4.42. The van der Waals surface area contributed by atoms with E-state index in [1.807, 2.05) is 18.2 Å². The number of carbonyl (C=O) groups excluding carboxylic acids is 1. The van der Waals surface area contributed by atoms with Crippen LogP contribution >= 0.6 is 24.8 Å². The number of likely N-dealkylation sites (tertiary alicyclic amines) is 1. The SMILES string of the molecule is Cl.Cl.NC[C@H]1CCC[C@H]1C(=O)N1CCC(c2nc3ccccc3[nH]2)CC1. The maximum Gasteiger partial charge on any atom is 0.226 e. The van der Waals surface area contributed by atoms with Crippen molar-refractivity contribution in [3.63, 3.8) is 0 Å². The maximum absolute atomic E-state index is 12.8. The molecule has 2 atom stereocenters. The molecule has 1 aliphatic carbocycles. The number of benzene rings is 1. The van der Waals surface area contributed by atoms with Crippen molar-refractivity contribution in [1.82, 2.24) is 14.9 Å². The highest BCUT2D eigenvalue weighted by atomic mass is 35.5. The summed E-state index contributed by atoms with van der Waals surface area (Å²) in [6, 6.07) is 8.16. The number of imidazole rings is 1. The number of rotatable bonds is 3. The van der Waals surface area contributed by atoms with Gasteiger partial charge in [-0.2, -0.15) is 0 Å². The number of amides is 1. The summed E-state index contributed by atoms with van der Waals surface area (Å²) < 4.78 is 0. The lowest BCUT2D eigenvalue weighted by Crippen LogP contribution is -2.43. The van der Waals surface area contributed by atoms with Crippen molar-refractivity contribution in [2.75, 3.05) is 19.6 Å². The summed E-state index contributed by atoms with van der Waals surface area (Å²) in [5.41, 5.74) is 7.97. The number of nitrogens with one attached hydrogen (secondary N) is 1. The number of hydrogen-bond donors (Lipinski definition) is 2. The van der Waals surface area contributed by atoms with E-state index in [0.717, 1.165) is 62.1 Å². The molecule has 26 heavy (non-hydrogen) atoms. The summed E-state index contributed by atoms with van der Waals surface area (Å²) in [5.74, 6) is 2.40. The van der Waals surface area contributed by atoms with Gasteiger partial charge in [-0.25, -0.2) is 4.98 Å². The molecule has 1 amide bonds. The molecule has 0 bridgehead atoms. The van der Waals surface area contributed by atoms with E-state index in [-0.39, 0.29) is 30.7 Å². The first-order chi connectivity index (χ1) is 11.8. The fourth-order valence-electron chi connectivity index (χ4n) is 4.42. The first-order valence-electron chi connectivity index (χ1n) is 9.19. The zero-order valence-corrected chi connectivity index (χ0v) is 16.5. The van der Waals surface area contributed by atoms with Crippen molar-refractivity contribution in [2.45, 2.75) is 38.0 Å². The Morgan fingerprint density at radius 3 is 2.58 bits per heavy atom. The molecule has 0 radical (unpaired) electrons. The Hall–Kier alpha value is -1.30. The van der Waals surface area contributed by atoms with Crippen LogP contribution in [0.4, 0.5) is 0 Å². The van der Waals surface area contributed by atoms with Crippen LogP contribution in [0.2, 0.25) is 0 Å². The maximum atomic E-state index is 12.8. The molecule has 1 aliphatic heterocycles. The molecule has 2 aromatic rings. The largest absolute Gasteiger partial charge is 0.342 e. The zero-order chi connectivity index (χ0) is 16.5. The Morgan fingerprint density at radius 1 is 1.15 bits per heavy atom. The standard InChI is InChI=1S/C19H26N4O.2ClH/c20-12-14-4-3-5-15(14)19(24)23-10-8-13(9-11-23)18-21-16-6-1-2-7-17(16)22-18;;/h1-2,6-7,13-15H,3-5,8-12,20H2,(H,21,22);2*1H/t14-,15-;;/m1../s1. The molecule has 7 heteroatoms. The first-order valence-corrected chi connectivity index (χ1v) is 9.19. The van der Waals surface area contributed by atoms with E-state index in [1.54, 1.807) is 0 Å². The van der Waals surface area contributed by atoms with Crippen molar-refractivity contribution < 1.29 is 4.79 Å². The van der Waals surface area contributed by atoms with Gasteiger partial charge in [-0.1, -0.05) is 18.6 Å². The lowest BCUT2D eigenvalue weighted by molar-refractivity contribution is -0.137. The average molecular weight is 399 g/mol. The summed E-state index contributed by atoms with van der Waals surface area (Å²) in [4.78, 5) is 23.1. The summed E-state index contributed by atoms with van der Waals surface area (Å²) >= 11 is 0. The van der Waals surface area contributed by atoms with Crippen LogP contribution in [0.5, 0.6) is 0 Å². The fraction of sp³-hybridized carbons (Fsp3) is 0.579. The molecule has 0 unspecified atom stereocenters. The van der Waals surface area contributed by atoms with Gasteiger partial charge < -0.3 is 15.6 Å². The van der Waals surface area contributed by atoms with Crippen LogP contribution in [0, 0.1) is 11.8 Å². The van der Waals surface area contributed by atoms with Crippen LogP contribution in [-0.2, 0) is 4.79 Å². The lowest BCUT2D eigenvalue weighted by Gasteiger charge is -2.34. The molecule has 0 spiro atoms. The van der Waals surface area contributed by atoms with Crippen LogP contribution in [0.1, 0.15) is 43.8 Å². The van der Waals surface area contributed by atoms with Crippen molar-refractivity contribution in [3.8, 4) is 0 Å². The Labute approximate surface area is 166 Å². The van der Waals surface area contributed by atoms with Crippen LogP contribution < -0.4 is 5.73 Å². The number of aromatic nitrogens is 2. The highest BCUT2D eigenvalue weighted by Gasteiger charge is 2.36. The molecule has 2 aliphatic rings. The molecule has 4 rings (SSSR count). The van der Waals surface area contributed by atoms with Crippen LogP contribution in [0.25, 0.3) is 11.0 Å². The van der Waals surface area contributed by atoms with Crippen molar-refractivity contribution in [1.29, 1.82) is 0 Å². The van der Waals surface area contributed by atoms with Gasteiger partial charge in [-0.05, 0) is 50.3 Å². The summed E-state index contributed by atoms with van der Waals surface area (Å²) in [5, 5.41) is 0.